The second-order valence-corrected chi connectivity index (χ2v) is 8.02. The maximum Gasteiger partial charge on any atom is 0.278 e. The number of anilines is 1. The van der Waals surface area contributed by atoms with Crippen molar-refractivity contribution in [3.05, 3.63) is 51.4 Å². The first kappa shape index (κ1) is 20.2. The summed E-state index contributed by atoms with van der Waals surface area (Å²) in [5.74, 6) is 0.0845. The summed E-state index contributed by atoms with van der Waals surface area (Å²) in [7, 11) is 0. The van der Waals surface area contributed by atoms with Crippen molar-refractivity contribution in [1.29, 1.82) is 0 Å². The summed E-state index contributed by atoms with van der Waals surface area (Å²) in [5, 5.41) is 3.54. The van der Waals surface area contributed by atoms with Gasteiger partial charge in [-0.25, -0.2) is 4.98 Å². The van der Waals surface area contributed by atoms with E-state index in [1.54, 1.807) is 4.57 Å². The summed E-state index contributed by atoms with van der Waals surface area (Å²) in [6, 6.07) is 7.83. The molecule has 0 aliphatic heterocycles. The summed E-state index contributed by atoms with van der Waals surface area (Å²) in [5.41, 5.74) is 4.92. The minimum atomic E-state index is -0.111. The van der Waals surface area contributed by atoms with Gasteiger partial charge >= 0.3 is 0 Å². The SMILES string of the molecule is CCCCn1c(SCC(=O)Nc2cc(C)ccc2C)nc2cc(C)[nH]c2c1=O. The lowest BCUT2D eigenvalue weighted by Crippen LogP contribution is -2.24. The zero-order valence-electron chi connectivity index (χ0n) is 16.8. The van der Waals surface area contributed by atoms with Crippen molar-refractivity contribution >= 4 is 34.4 Å². The monoisotopic (exact) mass is 398 g/mol. The van der Waals surface area contributed by atoms with Gasteiger partial charge in [0.2, 0.25) is 5.91 Å². The second-order valence-electron chi connectivity index (χ2n) is 7.07. The maximum absolute atomic E-state index is 12.9. The summed E-state index contributed by atoms with van der Waals surface area (Å²) in [6.07, 6.45) is 1.86. The fourth-order valence-corrected chi connectivity index (χ4v) is 3.85. The average molecular weight is 399 g/mol. The minimum absolute atomic E-state index is 0.0796. The number of amides is 1. The molecule has 0 unspecified atom stereocenters. The third kappa shape index (κ3) is 4.47. The van der Waals surface area contributed by atoms with Crippen molar-refractivity contribution in [3.8, 4) is 0 Å². The number of carbonyl (C=O) groups excluding carboxylic acids is 1. The number of hydrogen-bond donors (Lipinski definition) is 2. The van der Waals surface area contributed by atoms with Crippen molar-refractivity contribution < 1.29 is 4.79 Å². The molecule has 0 spiro atoms. The van der Waals surface area contributed by atoms with Crippen LogP contribution in [0.4, 0.5) is 5.69 Å². The predicted molar refractivity (Wildman–Crippen MR) is 115 cm³/mol. The van der Waals surface area contributed by atoms with Gasteiger partial charge in [-0.05, 0) is 50.5 Å². The van der Waals surface area contributed by atoms with E-state index in [1.165, 1.54) is 11.8 Å². The molecule has 0 bridgehead atoms. The van der Waals surface area contributed by atoms with Gasteiger partial charge in [0, 0.05) is 17.9 Å². The molecule has 2 aromatic heterocycles. The Morgan fingerprint density at radius 2 is 2.04 bits per heavy atom. The number of hydrogen-bond acceptors (Lipinski definition) is 4. The second kappa shape index (κ2) is 8.65. The van der Waals surface area contributed by atoms with E-state index in [0.717, 1.165) is 35.3 Å². The molecule has 6 nitrogen and oxygen atoms in total. The van der Waals surface area contributed by atoms with Crippen molar-refractivity contribution in [2.24, 2.45) is 0 Å². The highest BCUT2D eigenvalue weighted by Gasteiger charge is 2.15. The molecule has 1 aromatic carbocycles. The number of aryl methyl sites for hydroxylation is 3. The standard InChI is InChI=1S/C21H26N4O2S/c1-5-6-9-25-20(27)19-17(11-15(4)22-19)24-21(25)28-12-18(26)23-16-10-13(2)7-8-14(16)3/h7-8,10-11,22H,5-6,9,12H2,1-4H3,(H,23,26). The van der Waals surface area contributed by atoms with Gasteiger partial charge in [-0.2, -0.15) is 0 Å². The van der Waals surface area contributed by atoms with Crippen molar-refractivity contribution in [2.45, 2.75) is 52.2 Å². The highest BCUT2D eigenvalue weighted by Crippen LogP contribution is 2.21. The van der Waals surface area contributed by atoms with E-state index in [1.807, 2.05) is 45.0 Å². The number of carbonyl (C=O) groups is 1. The molecule has 0 aliphatic rings. The number of nitrogens with zero attached hydrogens (tertiary/aromatic N) is 2. The quantitative estimate of drug-likeness (QED) is 0.462. The lowest BCUT2D eigenvalue weighted by molar-refractivity contribution is -0.113. The number of unbranched alkanes of at least 4 members (excludes halogenated alkanes) is 1. The van der Waals surface area contributed by atoms with Gasteiger partial charge in [-0.3, -0.25) is 14.2 Å². The number of thioether (sulfide) groups is 1. The Balaban J connectivity index is 1.81. The zero-order valence-corrected chi connectivity index (χ0v) is 17.6. The number of benzene rings is 1. The van der Waals surface area contributed by atoms with Crippen LogP contribution in [0.2, 0.25) is 0 Å². The van der Waals surface area contributed by atoms with Gasteiger partial charge in [-0.1, -0.05) is 37.2 Å². The van der Waals surface area contributed by atoms with E-state index in [-0.39, 0.29) is 17.2 Å². The largest absolute Gasteiger partial charge is 0.353 e. The summed E-state index contributed by atoms with van der Waals surface area (Å²) in [6.45, 7) is 8.54. The topological polar surface area (TPSA) is 79.8 Å². The Hall–Kier alpha value is -2.54. The van der Waals surface area contributed by atoms with Gasteiger partial charge in [0.1, 0.15) is 5.52 Å². The highest BCUT2D eigenvalue weighted by molar-refractivity contribution is 7.99. The Morgan fingerprint density at radius 1 is 1.25 bits per heavy atom. The highest BCUT2D eigenvalue weighted by atomic mass is 32.2. The molecule has 0 saturated carbocycles. The molecule has 0 fully saturated rings. The van der Waals surface area contributed by atoms with Crippen LogP contribution in [0.25, 0.3) is 11.0 Å². The normalized spacial score (nSPS) is 11.1. The van der Waals surface area contributed by atoms with Gasteiger partial charge < -0.3 is 10.3 Å². The van der Waals surface area contributed by atoms with Crippen LogP contribution < -0.4 is 10.9 Å². The van der Waals surface area contributed by atoms with E-state index in [9.17, 15) is 9.59 Å². The van der Waals surface area contributed by atoms with E-state index in [4.69, 9.17) is 0 Å². The minimum Gasteiger partial charge on any atom is -0.353 e. The summed E-state index contributed by atoms with van der Waals surface area (Å²) >= 11 is 1.30. The molecule has 148 valence electrons. The molecule has 3 rings (SSSR count). The Morgan fingerprint density at radius 3 is 2.79 bits per heavy atom. The van der Waals surface area contributed by atoms with Crippen molar-refractivity contribution in [2.75, 3.05) is 11.1 Å². The van der Waals surface area contributed by atoms with Crippen molar-refractivity contribution in [1.82, 2.24) is 14.5 Å². The van der Waals surface area contributed by atoms with Crippen LogP contribution in [0.15, 0.2) is 34.2 Å². The number of rotatable bonds is 7. The first-order valence-electron chi connectivity index (χ1n) is 9.49. The van der Waals surface area contributed by atoms with Crippen LogP contribution in [0, 0.1) is 20.8 Å². The number of aromatic nitrogens is 3. The van der Waals surface area contributed by atoms with Crippen LogP contribution in [-0.4, -0.2) is 26.2 Å². The van der Waals surface area contributed by atoms with E-state index in [0.29, 0.717) is 22.7 Å². The number of aromatic amines is 1. The third-order valence-corrected chi connectivity index (χ3v) is 5.55. The molecule has 0 atom stereocenters. The van der Waals surface area contributed by atoms with Crippen LogP contribution in [0.3, 0.4) is 0 Å². The van der Waals surface area contributed by atoms with Crippen molar-refractivity contribution in [3.63, 3.8) is 0 Å². The molecule has 3 aromatic rings. The van der Waals surface area contributed by atoms with Crippen LogP contribution >= 0.6 is 11.8 Å². The number of H-pyrrole nitrogens is 1. The molecule has 7 heteroatoms. The molecule has 28 heavy (non-hydrogen) atoms. The van der Waals surface area contributed by atoms with Crippen LogP contribution in [0.5, 0.6) is 0 Å². The molecule has 0 radical (unpaired) electrons. The average Bonchev–Trinajstić information content (AvgIpc) is 3.03. The van der Waals surface area contributed by atoms with Gasteiger partial charge in [-0.15, -0.1) is 0 Å². The fourth-order valence-electron chi connectivity index (χ4n) is 3.02. The fraction of sp³-hybridized carbons (Fsp3) is 0.381. The molecule has 0 aliphatic carbocycles. The van der Waals surface area contributed by atoms with E-state index >= 15 is 0 Å². The van der Waals surface area contributed by atoms with E-state index < -0.39 is 0 Å². The maximum atomic E-state index is 12.9. The number of nitrogens with one attached hydrogen (secondary N) is 2. The van der Waals surface area contributed by atoms with E-state index in [2.05, 4.69) is 22.2 Å². The Bertz CT molecular complexity index is 1070. The first-order chi connectivity index (χ1) is 13.4. The Kier molecular flexibility index (Phi) is 6.24. The lowest BCUT2D eigenvalue weighted by atomic mass is 10.1. The molecular weight excluding hydrogens is 372 g/mol. The first-order valence-corrected chi connectivity index (χ1v) is 10.5. The third-order valence-electron chi connectivity index (χ3n) is 4.57. The lowest BCUT2D eigenvalue weighted by Gasteiger charge is -2.12. The van der Waals surface area contributed by atoms with Crippen LogP contribution in [0.1, 0.15) is 36.6 Å². The molecule has 2 N–H and O–H groups in total. The van der Waals surface area contributed by atoms with Gasteiger partial charge in [0.15, 0.2) is 5.16 Å². The molecule has 1 amide bonds. The molecular formula is C21H26N4O2S. The smallest absolute Gasteiger partial charge is 0.278 e. The molecule has 0 saturated heterocycles. The summed E-state index contributed by atoms with van der Waals surface area (Å²) in [4.78, 5) is 33.1. The Labute approximate surface area is 168 Å². The van der Waals surface area contributed by atoms with Gasteiger partial charge in [0.05, 0.1) is 11.3 Å². The predicted octanol–water partition coefficient (Wildman–Crippen LogP) is 4.18. The van der Waals surface area contributed by atoms with Crippen LogP contribution in [-0.2, 0) is 11.3 Å². The van der Waals surface area contributed by atoms with Gasteiger partial charge in [0.25, 0.3) is 5.56 Å². The number of fused-ring (bicyclic) bond motifs is 1. The summed E-state index contributed by atoms with van der Waals surface area (Å²) < 4.78 is 1.68. The molecule has 2 heterocycles. The zero-order chi connectivity index (χ0) is 20.3.